The number of unbranched alkanes of at least 4 members (excludes halogenated alkanes) is 18. The van der Waals surface area contributed by atoms with Crippen LogP contribution in [0, 0.1) is 0 Å². The van der Waals surface area contributed by atoms with E-state index in [1.54, 1.807) is 0 Å². The van der Waals surface area contributed by atoms with Gasteiger partial charge in [0.25, 0.3) is 0 Å². The quantitative estimate of drug-likeness (QED) is 0.0296. The summed E-state index contributed by atoms with van der Waals surface area (Å²) in [4.78, 5) is 0. The third-order valence-electron chi connectivity index (χ3n) is 15.5. The molecule has 74 heavy (non-hydrogen) atoms. The third kappa shape index (κ3) is 14.3. The van der Waals surface area contributed by atoms with E-state index in [4.69, 9.17) is 40.5 Å². The topological polar surface area (TPSA) is 18.5 Å². The van der Waals surface area contributed by atoms with Crippen LogP contribution in [0.25, 0.3) is 0 Å². The summed E-state index contributed by atoms with van der Waals surface area (Å²) in [6, 6.07) is 72.1. The van der Waals surface area contributed by atoms with Gasteiger partial charge in [-0.2, -0.15) is 0 Å². The van der Waals surface area contributed by atoms with Gasteiger partial charge in [0.2, 0.25) is 0 Å². The second kappa shape index (κ2) is 29.5. The number of rotatable bonds is 34. The van der Waals surface area contributed by atoms with E-state index in [-0.39, 0.29) is 0 Å². The standard InChI is InChI=1S/C68H86Br2O2P2/c1-3-5-7-9-11-13-15-17-19-39-53-71-67-55-60(58-74(70,64-47-33-24-34-48-64,65-49-35-25-36-50-65)66-51-37-26-38-52-66)68(72-54-40-20-18-16-14-12-10-8-6-4-2)56-59(67)57-73(69,61-41-27-21-28-42-61,62-43-29-22-30-44-62)63-45-31-23-32-46-63/h21-38,41-52,55-56H,3-20,39-40,53-54,57-58H2,1-2H3. The van der Waals surface area contributed by atoms with Crippen molar-refractivity contribution in [3.63, 3.8) is 0 Å². The zero-order chi connectivity index (χ0) is 51.7. The Bertz CT molecular complexity index is 2260. The Balaban J connectivity index is 1.36. The van der Waals surface area contributed by atoms with Crippen molar-refractivity contribution >= 4 is 73.4 Å². The van der Waals surface area contributed by atoms with Gasteiger partial charge in [0.1, 0.15) is 0 Å². The Morgan fingerprint density at radius 1 is 0.284 bits per heavy atom. The summed E-state index contributed by atoms with van der Waals surface area (Å²) in [5, 5.41) is 0.790. The first-order chi connectivity index (χ1) is 36.3. The predicted molar refractivity (Wildman–Crippen MR) is 337 cm³/mol. The van der Waals surface area contributed by atoms with E-state index >= 15 is 0 Å². The summed E-state index contributed by atoms with van der Waals surface area (Å²) in [6.07, 6.45) is 27.1. The Morgan fingerprint density at radius 2 is 0.486 bits per heavy atom. The van der Waals surface area contributed by atoms with E-state index in [0.29, 0.717) is 25.5 Å². The van der Waals surface area contributed by atoms with Crippen LogP contribution in [0.3, 0.4) is 0 Å². The van der Waals surface area contributed by atoms with Crippen molar-refractivity contribution in [3.8, 4) is 11.5 Å². The van der Waals surface area contributed by atoms with Gasteiger partial charge in [-0.05, 0) is 0 Å². The van der Waals surface area contributed by atoms with Gasteiger partial charge in [-0.15, -0.1) is 0 Å². The minimum absolute atomic E-state index is 0.663. The van der Waals surface area contributed by atoms with Crippen molar-refractivity contribution in [2.24, 2.45) is 0 Å². The van der Waals surface area contributed by atoms with E-state index in [0.717, 1.165) is 24.3 Å². The van der Waals surface area contributed by atoms with Gasteiger partial charge in [-0.3, -0.25) is 0 Å². The Hall–Kier alpha value is -4.04. The van der Waals surface area contributed by atoms with Gasteiger partial charge < -0.3 is 0 Å². The molecule has 0 radical (unpaired) electrons. The van der Waals surface area contributed by atoms with E-state index in [2.05, 4.69) is 208 Å². The maximum atomic E-state index is 7.32. The molecule has 0 bridgehead atoms. The van der Waals surface area contributed by atoms with Crippen LogP contribution in [0.2, 0.25) is 0 Å². The molecular formula is C68H86Br2O2P2. The van der Waals surface area contributed by atoms with Crippen LogP contribution in [-0.2, 0) is 12.3 Å². The molecule has 0 N–H and O–H groups in total. The van der Waals surface area contributed by atoms with Gasteiger partial charge in [0, 0.05) is 0 Å². The summed E-state index contributed by atoms with van der Waals surface area (Å²) in [5.41, 5.74) is 2.33. The predicted octanol–water partition coefficient (Wildman–Crippen LogP) is 19.0. The molecule has 0 unspecified atom stereocenters. The molecule has 0 aliphatic carbocycles. The SMILES string of the molecule is CCCCCCCCCCCCOc1cc(CP(Br)(c2ccccc2)(c2ccccc2)c2ccccc2)c(OCCCCCCCCCCCC)cc1CP(Br)(c1ccccc1)(c1ccccc1)c1ccccc1. The van der Waals surface area contributed by atoms with Crippen LogP contribution in [0.15, 0.2) is 194 Å². The summed E-state index contributed by atoms with van der Waals surface area (Å²) in [7, 11) is 0. The van der Waals surface area contributed by atoms with Crippen molar-refractivity contribution in [3.05, 3.63) is 205 Å². The second-order valence-corrected chi connectivity index (χ2v) is 38.7. The Labute approximate surface area is 464 Å². The van der Waals surface area contributed by atoms with Crippen LogP contribution < -0.4 is 41.3 Å². The Kier molecular flexibility index (Phi) is 23.0. The first-order valence-corrected chi connectivity index (χ1v) is 37.4. The summed E-state index contributed by atoms with van der Waals surface area (Å²) >= 11 is 9.72. The first-order valence-electron chi connectivity index (χ1n) is 28.5. The molecule has 7 aromatic rings. The molecule has 394 valence electrons. The number of ether oxygens (including phenoxy) is 2. The fourth-order valence-electron chi connectivity index (χ4n) is 11.2. The van der Waals surface area contributed by atoms with E-state index in [1.165, 1.54) is 159 Å². The number of hydrogen-bond donors (Lipinski definition) is 0. The molecule has 7 aromatic carbocycles. The van der Waals surface area contributed by atoms with Crippen molar-refractivity contribution in [1.29, 1.82) is 0 Å². The fraction of sp³-hybridized carbons (Fsp3) is 0.382. The number of benzene rings is 7. The van der Waals surface area contributed by atoms with Crippen LogP contribution in [0.1, 0.15) is 153 Å². The van der Waals surface area contributed by atoms with Gasteiger partial charge >= 0.3 is 415 Å². The second-order valence-electron chi connectivity index (χ2n) is 20.8. The maximum absolute atomic E-state index is 7.32. The monoisotopic (exact) mass is 1150 g/mol. The van der Waals surface area contributed by atoms with Crippen LogP contribution >= 0.6 is 41.6 Å². The summed E-state index contributed by atoms with van der Waals surface area (Å²) in [5.74, 6) is 1.90. The normalized spacial score (nSPS) is 12.9. The zero-order valence-corrected chi connectivity index (χ0v) is 49.9. The third-order valence-corrected chi connectivity index (χ3v) is 34.5. The summed E-state index contributed by atoms with van der Waals surface area (Å²) in [6.45, 7) is 5.92. The summed E-state index contributed by atoms with van der Waals surface area (Å²) < 4.78 is 14.6. The van der Waals surface area contributed by atoms with Crippen molar-refractivity contribution in [1.82, 2.24) is 0 Å². The van der Waals surface area contributed by atoms with Crippen molar-refractivity contribution < 1.29 is 9.47 Å². The number of halogens is 2. The molecule has 7 rings (SSSR count). The molecule has 0 spiro atoms. The Morgan fingerprint density at radius 3 is 0.703 bits per heavy atom. The number of hydrogen-bond acceptors (Lipinski definition) is 2. The first kappa shape index (κ1) is 57.7. The van der Waals surface area contributed by atoms with Gasteiger partial charge in [-0.1, -0.05) is 52.4 Å². The molecule has 0 aromatic heterocycles. The van der Waals surface area contributed by atoms with Crippen molar-refractivity contribution in [2.75, 3.05) is 13.2 Å². The average molecular weight is 1160 g/mol. The molecule has 0 saturated heterocycles. The van der Waals surface area contributed by atoms with Crippen LogP contribution in [-0.4, -0.2) is 13.2 Å². The fourth-order valence-corrected chi connectivity index (χ4v) is 26.5. The average Bonchev–Trinajstić information content (AvgIpc) is 3.49. The molecule has 0 fully saturated rings. The molecule has 0 heterocycles. The van der Waals surface area contributed by atoms with Gasteiger partial charge in [0.15, 0.2) is 0 Å². The van der Waals surface area contributed by atoms with Gasteiger partial charge in [-0.25, -0.2) is 0 Å². The molecule has 2 nitrogen and oxygen atoms in total. The molecule has 0 aliphatic heterocycles. The van der Waals surface area contributed by atoms with E-state index < -0.39 is 10.6 Å². The molecule has 0 aliphatic rings. The molecule has 0 saturated carbocycles. The van der Waals surface area contributed by atoms with Crippen LogP contribution in [0.4, 0.5) is 0 Å². The van der Waals surface area contributed by atoms with E-state index in [9.17, 15) is 0 Å². The molecule has 0 atom stereocenters. The van der Waals surface area contributed by atoms with Crippen molar-refractivity contribution in [2.45, 2.75) is 155 Å². The zero-order valence-electron chi connectivity index (χ0n) is 44.9. The molecule has 0 amide bonds. The molecular weight excluding hydrogens is 1070 g/mol. The van der Waals surface area contributed by atoms with E-state index in [1.807, 2.05) is 0 Å². The van der Waals surface area contributed by atoms with Gasteiger partial charge in [0.05, 0.1) is 0 Å². The minimum atomic E-state index is -3.47. The molecule has 6 heteroatoms. The van der Waals surface area contributed by atoms with Crippen LogP contribution in [0.5, 0.6) is 11.5 Å².